The van der Waals surface area contributed by atoms with Crippen LogP contribution in [0.3, 0.4) is 0 Å². The zero-order chi connectivity index (χ0) is 22.1. The van der Waals surface area contributed by atoms with Crippen molar-refractivity contribution in [3.05, 3.63) is 23.8 Å². The first kappa shape index (κ1) is 23.3. The number of rotatable bonds is 9. The van der Waals surface area contributed by atoms with E-state index in [1.807, 2.05) is 0 Å². The normalized spacial score (nSPS) is 18.8. The van der Waals surface area contributed by atoms with Gasteiger partial charge in [-0.15, -0.1) is 0 Å². The van der Waals surface area contributed by atoms with Crippen molar-refractivity contribution in [1.82, 2.24) is 10.2 Å². The number of esters is 1. The Bertz CT molecular complexity index is 742. The number of carbonyl (C=O) groups is 2. The van der Waals surface area contributed by atoms with E-state index in [-0.39, 0.29) is 24.5 Å². The fourth-order valence-corrected chi connectivity index (χ4v) is 4.52. The summed E-state index contributed by atoms with van der Waals surface area (Å²) in [6.45, 7) is 3.59. The number of amides is 1. The lowest BCUT2D eigenvalue weighted by molar-refractivity contribution is -0.148. The molecule has 8 heteroatoms. The van der Waals surface area contributed by atoms with Gasteiger partial charge in [0.2, 0.25) is 0 Å². The molecule has 1 aromatic rings. The van der Waals surface area contributed by atoms with Gasteiger partial charge < -0.3 is 24.3 Å². The minimum atomic E-state index is -0.456. The van der Waals surface area contributed by atoms with Gasteiger partial charge in [0.05, 0.1) is 33.9 Å². The molecule has 1 aliphatic heterocycles. The Morgan fingerprint density at radius 1 is 1.06 bits per heavy atom. The molecule has 0 spiro atoms. The van der Waals surface area contributed by atoms with E-state index in [1.165, 1.54) is 19.3 Å². The first-order valence-corrected chi connectivity index (χ1v) is 11.0. The summed E-state index contributed by atoms with van der Waals surface area (Å²) in [6.07, 6.45) is 5.80. The number of morpholine rings is 1. The minimum absolute atomic E-state index is 0.0126. The van der Waals surface area contributed by atoms with E-state index in [0.717, 1.165) is 44.7 Å². The highest BCUT2D eigenvalue weighted by Crippen LogP contribution is 2.34. The van der Waals surface area contributed by atoms with Gasteiger partial charge in [0.25, 0.3) is 5.91 Å². The van der Waals surface area contributed by atoms with Crippen LogP contribution in [0.5, 0.6) is 11.5 Å². The summed E-state index contributed by atoms with van der Waals surface area (Å²) in [6, 6.07) is 5.25. The summed E-state index contributed by atoms with van der Waals surface area (Å²) in [5.41, 5.74) is 0.720. The summed E-state index contributed by atoms with van der Waals surface area (Å²) in [7, 11) is 3.10. The van der Waals surface area contributed by atoms with Crippen molar-refractivity contribution in [3.63, 3.8) is 0 Å². The van der Waals surface area contributed by atoms with Crippen LogP contribution in [-0.4, -0.2) is 76.0 Å². The highest BCUT2D eigenvalue weighted by Gasteiger charge is 2.38. The van der Waals surface area contributed by atoms with Gasteiger partial charge in [0, 0.05) is 25.2 Å². The van der Waals surface area contributed by atoms with Crippen LogP contribution in [0.15, 0.2) is 18.2 Å². The molecular weight excluding hydrogens is 400 g/mol. The largest absolute Gasteiger partial charge is 0.493 e. The van der Waals surface area contributed by atoms with Gasteiger partial charge in [0.1, 0.15) is 0 Å². The first-order valence-electron chi connectivity index (χ1n) is 11.0. The van der Waals surface area contributed by atoms with Gasteiger partial charge >= 0.3 is 5.97 Å². The fraction of sp³-hybridized carbons (Fsp3) is 0.652. The smallest absolute Gasteiger partial charge is 0.310 e. The van der Waals surface area contributed by atoms with Crippen molar-refractivity contribution in [2.45, 2.75) is 44.1 Å². The van der Waals surface area contributed by atoms with Gasteiger partial charge in [-0.25, -0.2) is 0 Å². The molecule has 0 unspecified atom stereocenters. The Balaban J connectivity index is 1.47. The maximum atomic E-state index is 12.4. The van der Waals surface area contributed by atoms with Crippen molar-refractivity contribution >= 4 is 11.9 Å². The molecule has 1 N–H and O–H groups in total. The van der Waals surface area contributed by atoms with Crippen molar-refractivity contribution in [1.29, 1.82) is 0 Å². The molecule has 1 aliphatic carbocycles. The quantitative estimate of drug-likeness (QED) is 0.595. The number of nitrogens with one attached hydrogen (secondary N) is 1. The standard InChI is InChI=1S/C23H34N2O6/c1-28-19-7-6-18(14-20(19)29-2)15-22(27)31-16-21(26)24-17-23(8-4-3-5-9-23)25-10-12-30-13-11-25/h6-7,14H,3-5,8-13,15-17H2,1-2H3,(H,24,26). The van der Waals surface area contributed by atoms with Crippen LogP contribution in [0, 0.1) is 0 Å². The molecule has 1 aromatic carbocycles. The van der Waals surface area contributed by atoms with E-state index in [0.29, 0.717) is 18.0 Å². The zero-order valence-corrected chi connectivity index (χ0v) is 18.6. The summed E-state index contributed by atoms with van der Waals surface area (Å²) in [5.74, 6) is 0.420. The van der Waals surface area contributed by atoms with Crippen LogP contribution in [0.4, 0.5) is 0 Å². The molecule has 0 bridgehead atoms. The summed E-state index contributed by atoms with van der Waals surface area (Å²) < 4.78 is 21.2. The monoisotopic (exact) mass is 434 g/mol. The summed E-state index contributed by atoms with van der Waals surface area (Å²) in [5, 5.41) is 3.01. The lowest BCUT2D eigenvalue weighted by Crippen LogP contribution is -2.59. The molecule has 172 valence electrons. The van der Waals surface area contributed by atoms with Gasteiger partial charge in [-0.3, -0.25) is 14.5 Å². The number of methoxy groups -OCH3 is 2. The molecule has 0 atom stereocenters. The maximum absolute atomic E-state index is 12.4. The zero-order valence-electron chi connectivity index (χ0n) is 18.6. The van der Waals surface area contributed by atoms with Crippen molar-refractivity contribution in [2.24, 2.45) is 0 Å². The van der Waals surface area contributed by atoms with Gasteiger partial charge in [-0.05, 0) is 30.5 Å². The molecular formula is C23H34N2O6. The van der Waals surface area contributed by atoms with Gasteiger partial charge in [-0.1, -0.05) is 25.3 Å². The molecule has 1 saturated heterocycles. The van der Waals surface area contributed by atoms with Crippen LogP contribution in [0.2, 0.25) is 0 Å². The lowest BCUT2D eigenvalue weighted by atomic mass is 9.79. The number of ether oxygens (including phenoxy) is 4. The third-order valence-corrected chi connectivity index (χ3v) is 6.24. The second kappa shape index (κ2) is 11.3. The van der Waals surface area contributed by atoms with Crippen molar-refractivity contribution < 1.29 is 28.5 Å². The second-order valence-electron chi connectivity index (χ2n) is 8.19. The molecule has 2 aliphatic rings. The molecule has 2 fully saturated rings. The van der Waals surface area contributed by atoms with E-state index >= 15 is 0 Å². The van der Waals surface area contributed by atoms with Gasteiger partial charge in [-0.2, -0.15) is 0 Å². The average Bonchev–Trinajstić information content (AvgIpc) is 2.82. The molecule has 1 saturated carbocycles. The highest BCUT2D eigenvalue weighted by molar-refractivity contribution is 5.81. The number of carbonyl (C=O) groups excluding carboxylic acids is 2. The highest BCUT2D eigenvalue weighted by atomic mass is 16.5. The summed E-state index contributed by atoms with van der Waals surface area (Å²) >= 11 is 0. The molecule has 31 heavy (non-hydrogen) atoms. The molecule has 1 heterocycles. The van der Waals surface area contributed by atoms with Crippen LogP contribution < -0.4 is 14.8 Å². The first-order chi connectivity index (χ1) is 15.1. The molecule has 0 radical (unpaired) electrons. The average molecular weight is 435 g/mol. The predicted octanol–water partition coefficient (Wildman–Crippen LogP) is 1.94. The maximum Gasteiger partial charge on any atom is 0.310 e. The SMILES string of the molecule is COc1ccc(CC(=O)OCC(=O)NCC2(N3CCOCC3)CCCCC2)cc1OC. The Hall–Kier alpha value is -2.32. The third-order valence-electron chi connectivity index (χ3n) is 6.24. The predicted molar refractivity (Wildman–Crippen MR) is 115 cm³/mol. The molecule has 0 aromatic heterocycles. The van der Waals surface area contributed by atoms with Crippen LogP contribution in [0.1, 0.15) is 37.7 Å². The molecule has 3 rings (SSSR count). The number of hydrogen-bond acceptors (Lipinski definition) is 7. The number of nitrogens with zero attached hydrogens (tertiary/aromatic N) is 1. The fourth-order valence-electron chi connectivity index (χ4n) is 4.52. The van der Waals surface area contributed by atoms with Gasteiger partial charge in [0.15, 0.2) is 18.1 Å². The van der Waals surface area contributed by atoms with Crippen molar-refractivity contribution in [2.75, 3.05) is 53.7 Å². The van der Waals surface area contributed by atoms with Crippen molar-refractivity contribution in [3.8, 4) is 11.5 Å². The Kier molecular flexibility index (Phi) is 8.54. The van der Waals surface area contributed by atoms with E-state index in [9.17, 15) is 9.59 Å². The van der Waals surface area contributed by atoms with Crippen LogP contribution in [0.25, 0.3) is 0 Å². The van der Waals surface area contributed by atoms with Crippen LogP contribution >= 0.6 is 0 Å². The van der Waals surface area contributed by atoms with E-state index in [4.69, 9.17) is 18.9 Å². The third kappa shape index (κ3) is 6.33. The molecule has 1 amide bonds. The Morgan fingerprint density at radius 2 is 1.77 bits per heavy atom. The number of benzene rings is 1. The van der Waals surface area contributed by atoms with E-state index in [1.54, 1.807) is 32.4 Å². The minimum Gasteiger partial charge on any atom is -0.493 e. The van der Waals surface area contributed by atoms with E-state index in [2.05, 4.69) is 10.2 Å². The summed E-state index contributed by atoms with van der Waals surface area (Å²) in [4.78, 5) is 27.0. The topological polar surface area (TPSA) is 86.3 Å². The van der Waals surface area contributed by atoms with E-state index < -0.39 is 5.97 Å². The number of hydrogen-bond donors (Lipinski definition) is 1. The second-order valence-corrected chi connectivity index (χ2v) is 8.19. The Labute approximate surface area is 184 Å². The lowest BCUT2D eigenvalue weighted by Gasteiger charge is -2.48. The van der Waals surface area contributed by atoms with Crippen LogP contribution in [-0.2, 0) is 25.5 Å². The molecule has 8 nitrogen and oxygen atoms in total. The Morgan fingerprint density at radius 3 is 2.45 bits per heavy atom.